The molecule has 0 radical (unpaired) electrons. The highest BCUT2D eigenvalue weighted by molar-refractivity contribution is 6.69. The fraction of sp³-hybridized carbons (Fsp3) is 1.00. The molecule has 0 saturated heterocycles. The molecule has 0 bridgehead atoms. The van der Waals surface area contributed by atoms with E-state index in [1.165, 1.54) is 6.54 Å². The maximum absolute atomic E-state index is 2.74. The Morgan fingerprint density at radius 2 is 1.33 bits per heavy atom. The SMILES string of the molecule is CCN([SiH](C)C)[SiH](C)C. The van der Waals surface area contributed by atoms with Crippen LogP contribution in [0.1, 0.15) is 6.92 Å². The molecule has 0 aliphatic carbocycles. The van der Waals surface area contributed by atoms with Crippen LogP contribution >= 0.6 is 0 Å². The molecule has 0 saturated carbocycles. The van der Waals surface area contributed by atoms with E-state index in [1.54, 1.807) is 0 Å². The molecule has 0 heterocycles. The van der Waals surface area contributed by atoms with Crippen LogP contribution in [-0.2, 0) is 0 Å². The van der Waals surface area contributed by atoms with Gasteiger partial charge in [-0.15, -0.1) is 0 Å². The van der Waals surface area contributed by atoms with Gasteiger partial charge < -0.3 is 4.23 Å². The van der Waals surface area contributed by atoms with Crippen LogP contribution in [0, 0.1) is 0 Å². The largest absolute Gasteiger partial charge is 0.351 e. The monoisotopic (exact) mass is 161 g/mol. The second-order valence-electron chi connectivity index (χ2n) is 3.02. The molecule has 0 aromatic heterocycles. The summed E-state index contributed by atoms with van der Waals surface area (Å²) in [5, 5.41) is 0. The van der Waals surface area contributed by atoms with Gasteiger partial charge in [0, 0.05) is 0 Å². The predicted molar refractivity (Wildman–Crippen MR) is 50.1 cm³/mol. The topological polar surface area (TPSA) is 3.24 Å². The Morgan fingerprint density at radius 1 is 1.00 bits per heavy atom. The van der Waals surface area contributed by atoms with Crippen molar-refractivity contribution in [1.29, 1.82) is 0 Å². The van der Waals surface area contributed by atoms with Gasteiger partial charge in [0.15, 0.2) is 0 Å². The Kier molecular flexibility index (Phi) is 4.43. The molecule has 0 aromatic rings. The second kappa shape index (κ2) is 4.25. The van der Waals surface area contributed by atoms with Crippen molar-refractivity contribution in [2.75, 3.05) is 6.54 Å². The van der Waals surface area contributed by atoms with Gasteiger partial charge in [-0.25, -0.2) is 0 Å². The molecule has 0 aliphatic heterocycles. The van der Waals surface area contributed by atoms with Crippen molar-refractivity contribution in [2.45, 2.75) is 33.1 Å². The molecular formula is C6H19NSi2. The molecule has 0 rings (SSSR count). The quantitative estimate of drug-likeness (QED) is 0.564. The fourth-order valence-electron chi connectivity index (χ4n) is 1.33. The lowest BCUT2D eigenvalue weighted by Gasteiger charge is -2.27. The van der Waals surface area contributed by atoms with Gasteiger partial charge in [0.25, 0.3) is 0 Å². The molecular weight excluding hydrogens is 142 g/mol. The summed E-state index contributed by atoms with van der Waals surface area (Å²) in [6, 6.07) is 0. The van der Waals surface area contributed by atoms with Crippen LogP contribution in [0.25, 0.3) is 0 Å². The van der Waals surface area contributed by atoms with Gasteiger partial charge in [0.05, 0.1) is 17.9 Å². The van der Waals surface area contributed by atoms with Crippen LogP contribution in [0.4, 0.5) is 0 Å². The molecule has 3 heteroatoms. The fourth-order valence-corrected chi connectivity index (χ4v) is 7.56. The van der Waals surface area contributed by atoms with Gasteiger partial charge in [-0.3, -0.25) is 0 Å². The van der Waals surface area contributed by atoms with Gasteiger partial charge in [0.1, 0.15) is 0 Å². The number of nitrogens with zero attached hydrogens (tertiary/aromatic N) is 1. The van der Waals surface area contributed by atoms with E-state index < -0.39 is 17.9 Å². The van der Waals surface area contributed by atoms with Crippen LogP contribution < -0.4 is 0 Å². The predicted octanol–water partition coefficient (Wildman–Crippen LogP) is 1.28. The Hall–Kier alpha value is 0.394. The highest BCUT2D eigenvalue weighted by atomic mass is 28.3. The third kappa shape index (κ3) is 3.18. The molecule has 0 atom stereocenters. The number of hydrogen-bond acceptors (Lipinski definition) is 1. The van der Waals surface area contributed by atoms with E-state index in [0.29, 0.717) is 0 Å². The minimum atomic E-state index is -0.448. The van der Waals surface area contributed by atoms with E-state index in [0.717, 1.165) is 0 Å². The van der Waals surface area contributed by atoms with Gasteiger partial charge >= 0.3 is 0 Å². The van der Waals surface area contributed by atoms with Crippen molar-refractivity contribution in [2.24, 2.45) is 0 Å². The summed E-state index contributed by atoms with van der Waals surface area (Å²) < 4.78 is 2.74. The highest BCUT2D eigenvalue weighted by Gasteiger charge is 2.11. The molecule has 56 valence electrons. The highest BCUT2D eigenvalue weighted by Crippen LogP contribution is 1.97. The normalized spacial score (nSPS) is 12.0. The zero-order valence-electron chi connectivity index (χ0n) is 7.31. The third-order valence-corrected chi connectivity index (χ3v) is 8.65. The molecule has 9 heavy (non-hydrogen) atoms. The van der Waals surface area contributed by atoms with Crippen molar-refractivity contribution in [1.82, 2.24) is 4.23 Å². The van der Waals surface area contributed by atoms with Crippen molar-refractivity contribution in [3.63, 3.8) is 0 Å². The molecule has 0 amide bonds. The van der Waals surface area contributed by atoms with Gasteiger partial charge in [0.2, 0.25) is 0 Å². The van der Waals surface area contributed by atoms with Crippen LogP contribution in [0.3, 0.4) is 0 Å². The molecule has 0 spiro atoms. The summed E-state index contributed by atoms with van der Waals surface area (Å²) in [6.45, 7) is 13.2. The minimum absolute atomic E-state index is 0.448. The first-order chi connectivity index (χ1) is 4.09. The average molecular weight is 161 g/mol. The maximum Gasteiger partial charge on any atom is 0.0980 e. The summed E-state index contributed by atoms with van der Waals surface area (Å²) in [4.78, 5) is 0. The van der Waals surface area contributed by atoms with Gasteiger partial charge in [-0.05, 0) is 6.54 Å². The first-order valence-electron chi connectivity index (χ1n) is 3.85. The van der Waals surface area contributed by atoms with E-state index in [9.17, 15) is 0 Å². The number of rotatable bonds is 3. The Morgan fingerprint density at radius 3 is 1.33 bits per heavy atom. The van der Waals surface area contributed by atoms with Crippen LogP contribution in [-0.4, -0.2) is 28.7 Å². The van der Waals surface area contributed by atoms with E-state index in [1.807, 2.05) is 0 Å². The van der Waals surface area contributed by atoms with Crippen molar-refractivity contribution < 1.29 is 0 Å². The maximum atomic E-state index is 2.74. The smallest absolute Gasteiger partial charge is 0.0980 e. The van der Waals surface area contributed by atoms with Gasteiger partial charge in [-0.2, -0.15) is 0 Å². The second-order valence-corrected chi connectivity index (χ2v) is 9.32. The van der Waals surface area contributed by atoms with Gasteiger partial charge in [-0.1, -0.05) is 33.1 Å². The summed E-state index contributed by atoms with van der Waals surface area (Å²) in [7, 11) is -0.897. The van der Waals surface area contributed by atoms with E-state index >= 15 is 0 Å². The molecule has 0 fully saturated rings. The lowest BCUT2D eigenvalue weighted by atomic mass is 10.8. The third-order valence-electron chi connectivity index (χ3n) is 1.69. The lowest BCUT2D eigenvalue weighted by molar-refractivity contribution is 0.688. The van der Waals surface area contributed by atoms with Crippen molar-refractivity contribution >= 4 is 17.9 Å². The summed E-state index contributed by atoms with van der Waals surface area (Å²) >= 11 is 0. The molecule has 0 N–H and O–H groups in total. The van der Waals surface area contributed by atoms with Crippen LogP contribution in [0.2, 0.25) is 26.2 Å². The molecule has 1 nitrogen and oxygen atoms in total. The Labute approximate surface area is 62.4 Å². The lowest BCUT2D eigenvalue weighted by Crippen LogP contribution is -2.42. The van der Waals surface area contributed by atoms with E-state index in [4.69, 9.17) is 0 Å². The van der Waals surface area contributed by atoms with Crippen molar-refractivity contribution in [3.8, 4) is 0 Å². The molecule has 0 unspecified atom stereocenters. The van der Waals surface area contributed by atoms with E-state index in [2.05, 4.69) is 37.3 Å². The van der Waals surface area contributed by atoms with Crippen LogP contribution in [0.15, 0.2) is 0 Å². The average Bonchev–Trinajstić information content (AvgIpc) is 1.64. The Bertz CT molecular complexity index is 65.5. The molecule has 0 aromatic carbocycles. The van der Waals surface area contributed by atoms with Crippen LogP contribution in [0.5, 0.6) is 0 Å². The van der Waals surface area contributed by atoms with E-state index in [-0.39, 0.29) is 0 Å². The Balaban J connectivity index is 3.68. The molecule has 0 aliphatic rings. The summed E-state index contributed by atoms with van der Waals surface area (Å²) in [5.74, 6) is 0. The zero-order chi connectivity index (χ0) is 7.44. The first-order valence-corrected chi connectivity index (χ1v) is 9.50. The summed E-state index contributed by atoms with van der Waals surface area (Å²) in [6.07, 6.45) is 0. The minimum Gasteiger partial charge on any atom is -0.351 e. The number of hydrogen-bond donors (Lipinski definition) is 0. The summed E-state index contributed by atoms with van der Waals surface area (Å²) in [5.41, 5.74) is 0. The van der Waals surface area contributed by atoms with Crippen molar-refractivity contribution in [3.05, 3.63) is 0 Å². The standard InChI is InChI=1S/C6H19NSi2/c1-6-7(8(2)3)9(4)5/h8-9H,6H2,1-5H3. The zero-order valence-corrected chi connectivity index (χ0v) is 9.62. The first kappa shape index (κ1) is 9.39.